The van der Waals surface area contributed by atoms with Crippen molar-refractivity contribution in [2.45, 2.75) is 37.5 Å². The maximum Gasteiger partial charge on any atom is 0.266 e. The van der Waals surface area contributed by atoms with Crippen molar-refractivity contribution in [3.05, 3.63) is 134 Å². The van der Waals surface area contributed by atoms with Gasteiger partial charge in [-0.05, 0) is 82.7 Å². The van der Waals surface area contributed by atoms with Crippen LogP contribution in [0.1, 0.15) is 40.3 Å². The third-order valence-electron chi connectivity index (χ3n) is 8.25. The normalized spacial score (nSPS) is 16.5. The van der Waals surface area contributed by atoms with Crippen LogP contribution in [-0.4, -0.2) is 56.4 Å². The van der Waals surface area contributed by atoms with Crippen molar-refractivity contribution in [3.63, 3.8) is 0 Å². The predicted molar refractivity (Wildman–Crippen MR) is 193 cm³/mol. The van der Waals surface area contributed by atoms with E-state index in [9.17, 15) is 4.79 Å². The van der Waals surface area contributed by atoms with E-state index in [0.29, 0.717) is 59.9 Å². The molecule has 0 saturated carbocycles. The number of ether oxygens (including phenoxy) is 4. The Balaban J connectivity index is 1.50. The van der Waals surface area contributed by atoms with Gasteiger partial charge in [0, 0.05) is 40.9 Å². The molecule has 0 radical (unpaired) electrons. The highest BCUT2D eigenvalue weighted by Crippen LogP contribution is 2.44. The molecule has 0 spiro atoms. The number of aliphatic imine (C=N–C) groups is 1. The Morgan fingerprint density at radius 2 is 1.76 bits per heavy atom. The second-order valence-corrected chi connectivity index (χ2v) is 12.4. The van der Waals surface area contributed by atoms with E-state index >= 15 is 0 Å². The molecule has 0 saturated heterocycles. The molecule has 1 aliphatic rings. The van der Waals surface area contributed by atoms with E-state index in [2.05, 4.69) is 36.8 Å². The van der Waals surface area contributed by atoms with Gasteiger partial charge in [-0.25, -0.2) is 10.4 Å². The lowest BCUT2D eigenvalue weighted by atomic mass is 9.81. The minimum atomic E-state index is -1.47. The minimum Gasteiger partial charge on any atom is -0.494 e. The number of carbonyl (C=O) groups excluding carboxylic acids is 1. The molecule has 260 valence electrons. The Kier molecular flexibility index (Phi) is 12.7. The van der Waals surface area contributed by atoms with Gasteiger partial charge in [0.15, 0.2) is 23.1 Å². The number of hydrazine groups is 1. The monoisotopic (exact) mass is 742 g/mol. The van der Waals surface area contributed by atoms with E-state index < -0.39 is 17.6 Å². The van der Waals surface area contributed by atoms with Crippen molar-refractivity contribution in [3.8, 4) is 17.2 Å². The molecular formula is C37H39BrN6O6. The van der Waals surface area contributed by atoms with Crippen LogP contribution < -0.4 is 25.1 Å². The molecule has 0 fully saturated rings. The standard InChI is InChI=1S/C37H39BrN6O6/c1-47-32-17-10-25(22-33(32)48-2)18-19-40-43-36(46)37(23-26-8-13-29(38)14-9-26)34(31-7-4-3-6-28(31)24-41-44-39)50-35(42-37)27-11-15-30(16-12-27)49-21-5-20-45/h3-4,6-17,22,34,40,45H,5,18-21,23-24H2,1-2H3,(H,43,46)/t34-,37-/m0/s1. The fourth-order valence-corrected chi connectivity index (χ4v) is 5.97. The summed E-state index contributed by atoms with van der Waals surface area (Å²) < 4.78 is 24.1. The molecule has 5 rings (SSSR count). The third-order valence-corrected chi connectivity index (χ3v) is 8.78. The second kappa shape index (κ2) is 17.5. The summed E-state index contributed by atoms with van der Waals surface area (Å²) in [5.74, 6) is 1.79. The summed E-state index contributed by atoms with van der Waals surface area (Å²) in [5, 5.41) is 12.9. The van der Waals surface area contributed by atoms with Gasteiger partial charge in [0.1, 0.15) is 5.75 Å². The number of methoxy groups -OCH3 is 2. The quantitative estimate of drug-likeness (QED) is 0.0371. The van der Waals surface area contributed by atoms with E-state index in [0.717, 1.165) is 15.6 Å². The number of amides is 1. The van der Waals surface area contributed by atoms with Gasteiger partial charge in [-0.2, -0.15) is 0 Å². The Morgan fingerprint density at radius 1 is 1.02 bits per heavy atom. The number of rotatable bonds is 17. The van der Waals surface area contributed by atoms with Crippen molar-refractivity contribution in [2.24, 2.45) is 10.1 Å². The van der Waals surface area contributed by atoms with Crippen LogP contribution in [0, 0.1) is 0 Å². The zero-order valence-corrected chi connectivity index (χ0v) is 29.4. The van der Waals surface area contributed by atoms with Gasteiger partial charge in [-0.15, -0.1) is 0 Å². The van der Waals surface area contributed by atoms with E-state index in [4.69, 9.17) is 34.6 Å². The molecule has 0 unspecified atom stereocenters. The maximum atomic E-state index is 14.6. The van der Waals surface area contributed by atoms with Gasteiger partial charge in [-0.3, -0.25) is 10.2 Å². The molecule has 0 bridgehead atoms. The molecule has 2 atom stereocenters. The average Bonchev–Trinajstić information content (AvgIpc) is 3.53. The largest absolute Gasteiger partial charge is 0.494 e. The van der Waals surface area contributed by atoms with Crippen LogP contribution in [0.3, 0.4) is 0 Å². The lowest BCUT2D eigenvalue weighted by Gasteiger charge is -2.32. The molecule has 1 amide bonds. The van der Waals surface area contributed by atoms with Crippen LogP contribution in [-0.2, 0) is 28.9 Å². The molecule has 4 aromatic rings. The molecule has 13 heteroatoms. The molecule has 1 aliphatic heterocycles. The smallest absolute Gasteiger partial charge is 0.266 e. The maximum absolute atomic E-state index is 14.6. The Labute approximate surface area is 299 Å². The van der Waals surface area contributed by atoms with Crippen LogP contribution in [0.5, 0.6) is 17.2 Å². The highest BCUT2D eigenvalue weighted by Gasteiger charge is 2.54. The Hall–Kier alpha value is -5.07. The number of azide groups is 1. The highest BCUT2D eigenvalue weighted by atomic mass is 79.9. The summed E-state index contributed by atoms with van der Waals surface area (Å²) in [4.78, 5) is 22.6. The zero-order chi connectivity index (χ0) is 35.3. The Bertz CT molecular complexity index is 1830. The predicted octanol–water partition coefficient (Wildman–Crippen LogP) is 6.40. The van der Waals surface area contributed by atoms with Crippen molar-refractivity contribution in [1.29, 1.82) is 0 Å². The van der Waals surface area contributed by atoms with Gasteiger partial charge in [-0.1, -0.05) is 63.5 Å². The lowest BCUT2D eigenvalue weighted by Crippen LogP contribution is -2.54. The van der Waals surface area contributed by atoms with Gasteiger partial charge in [0.2, 0.25) is 5.90 Å². The number of halogens is 1. The molecule has 0 aromatic heterocycles. The number of benzene rings is 4. The zero-order valence-electron chi connectivity index (χ0n) is 27.8. The summed E-state index contributed by atoms with van der Waals surface area (Å²) in [6, 6.07) is 28.1. The van der Waals surface area contributed by atoms with E-state index in [1.165, 1.54) is 0 Å². The Morgan fingerprint density at radius 3 is 2.48 bits per heavy atom. The molecule has 0 aliphatic carbocycles. The summed E-state index contributed by atoms with van der Waals surface area (Å²) in [7, 11) is 3.18. The third kappa shape index (κ3) is 8.74. The first kappa shape index (κ1) is 36.2. The first-order chi connectivity index (χ1) is 24.4. The van der Waals surface area contributed by atoms with E-state index in [1.54, 1.807) is 26.4 Å². The average molecular weight is 744 g/mol. The van der Waals surface area contributed by atoms with Crippen molar-refractivity contribution in [1.82, 2.24) is 10.9 Å². The van der Waals surface area contributed by atoms with E-state index in [-0.39, 0.29) is 25.5 Å². The summed E-state index contributed by atoms with van der Waals surface area (Å²) >= 11 is 3.51. The fourth-order valence-electron chi connectivity index (χ4n) is 5.71. The van der Waals surface area contributed by atoms with E-state index in [1.807, 2.05) is 78.9 Å². The van der Waals surface area contributed by atoms with Gasteiger partial charge in [0.05, 0.1) is 27.4 Å². The van der Waals surface area contributed by atoms with Crippen molar-refractivity contribution >= 4 is 27.7 Å². The highest BCUT2D eigenvalue weighted by molar-refractivity contribution is 9.10. The molecule has 50 heavy (non-hydrogen) atoms. The number of nitrogens with one attached hydrogen (secondary N) is 2. The number of hydrogen-bond donors (Lipinski definition) is 3. The number of carbonyl (C=O) groups is 1. The molecule has 4 aromatic carbocycles. The van der Waals surface area contributed by atoms with Crippen molar-refractivity contribution in [2.75, 3.05) is 34.0 Å². The van der Waals surface area contributed by atoms with Crippen molar-refractivity contribution < 1.29 is 28.8 Å². The second-order valence-electron chi connectivity index (χ2n) is 11.5. The van der Waals surface area contributed by atoms with Crippen LogP contribution >= 0.6 is 15.9 Å². The first-order valence-electron chi connectivity index (χ1n) is 16.1. The molecule has 12 nitrogen and oxygen atoms in total. The molecular weight excluding hydrogens is 704 g/mol. The van der Waals surface area contributed by atoms with Crippen LogP contribution in [0.4, 0.5) is 0 Å². The van der Waals surface area contributed by atoms with Crippen LogP contribution in [0.15, 0.2) is 106 Å². The number of aliphatic hydroxyl groups is 1. The fraction of sp³-hybridized carbons (Fsp3) is 0.297. The summed E-state index contributed by atoms with van der Waals surface area (Å²) in [6.07, 6.45) is 0.441. The number of nitrogens with zero attached hydrogens (tertiary/aromatic N) is 4. The topological polar surface area (TPSA) is 159 Å². The molecule has 3 N–H and O–H groups in total. The van der Waals surface area contributed by atoms with Gasteiger partial charge < -0.3 is 24.1 Å². The minimum absolute atomic E-state index is 0.0405. The summed E-state index contributed by atoms with van der Waals surface area (Å²) in [6.45, 7) is 0.913. The van der Waals surface area contributed by atoms with Gasteiger partial charge >= 0.3 is 0 Å². The number of aliphatic hydroxyl groups excluding tert-OH is 1. The van der Waals surface area contributed by atoms with Crippen LogP contribution in [0.2, 0.25) is 0 Å². The lowest BCUT2D eigenvalue weighted by molar-refractivity contribution is -0.130. The molecule has 1 heterocycles. The first-order valence-corrected chi connectivity index (χ1v) is 16.9. The summed E-state index contributed by atoms with van der Waals surface area (Å²) in [5.41, 5.74) is 17.6. The number of hydrogen-bond acceptors (Lipinski definition) is 9. The SMILES string of the molecule is COc1ccc(CCNNC(=O)[C@@]2(Cc3ccc(Br)cc3)N=C(c3ccc(OCCCO)cc3)O[C@H]2c2ccccc2CN=[N+]=[N-])cc1OC. The van der Waals surface area contributed by atoms with Gasteiger partial charge in [0.25, 0.3) is 5.91 Å². The van der Waals surface area contributed by atoms with Crippen LogP contribution in [0.25, 0.3) is 10.4 Å².